The molecule has 0 aliphatic rings. The van der Waals surface area contributed by atoms with Crippen LogP contribution < -0.4 is 10.5 Å². The normalized spacial score (nSPS) is 10.7. The number of nitrogens with two attached hydrogens (primary N) is 1. The van der Waals surface area contributed by atoms with E-state index in [1.807, 2.05) is 53.1 Å². The molecule has 4 nitrogen and oxygen atoms in total. The molecular formula is C16H15N3OS. The largest absolute Gasteiger partial charge is 0.497 e. The molecule has 0 saturated heterocycles. The second-order valence-electron chi connectivity index (χ2n) is 4.71. The van der Waals surface area contributed by atoms with Gasteiger partial charge in [0.25, 0.3) is 0 Å². The molecule has 0 bridgehead atoms. The summed E-state index contributed by atoms with van der Waals surface area (Å²) in [6.07, 6.45) is 2.48. The van der Waals surface area contributed by atoms with Crippen molar-refractivity contribution in [3.63, 3.8) is 0 Å². The van der Waals surface area contributed by atoms with Crippen LogP contribution in [0.15, 0.2) is 48.7 Å². The third kappa shape index (κ3) is 2.60. The van der Waals surface area contributed by atoms with Crippen LogP contribution in [-0.4, -0.2) is 21.5 Å². The van der Waals surface area contributed by atoms with Crippen molar-refractivity contribution in [1.29, 1.82) is 0 Å². The van der Waals surface area contributed by atoms with E-state index in [2.05, 4.69) is 0 Å². The van der Waals surface area contributed by atoms with Crippen LogP contribution in [0.4, 0.5) is 0 Å². The number of aromatic nitrogens is 2. The first-order valence-corrected chi connectivity index (χ1v) is 6.98. The average Bonchev–Trinajstić information content (AvgIpc) is 2.86. The maximum Gasteiger partial charge on any atom is 0.137 e. The van der Waals surface area contributed by atoms with Crippen LogP contribution >= 0.6 is 12.2 Å². The molecule has 3 rings (SSSR count). The molecule has 0 aliphatic carbocycles. The number of ether oxygens (including phenoxy) is 1. The van der Waals surface area contributed by atoms with Gasteiger partial charge in [0.2, 0.25) is 0 Å². The van der Waals surface area contributed by atoms with Crippen molar-refractivity contribution in [2.24, 2.45) is 5.73 Å². The summed E-state index contributed by atoms with van der Waals surface area (Å²) >= 11 is 5.08. The van der Waals surface area contributed by atoms with Crippen LogP contribution in [0.25, 0.3) is 16.9 Å². The van der Waals surface area contributed by atoms with E-state index in [4.69, 9.17) is 27.7 Å². The van der Waals surface area contributed by atoms with Gasteiger partial charge >= 0.3 is 0 Å². The zero-order valence-corrected chi connectivity index (χ0v) is 12.4. The highest BCUT2D eigenvalue weighted by molar-refractivity contribution is 7.80. The van der Waals surface area contributed by atoms with Crippen LogP contribution in [0.1, 0.15) is 5.69 Å². The van der Waals surface area contributed by atoms with Gasteiger partial charge in [0.15, 0.2) is 0 Å². The molecule has 2 N–H and O–H groups in total. The van der Waals surface area contributed by atoms with E-state index in [1.54, 1.807) is 7.11 Å². The summed E-state index contributed by atoms with van der Waals surface area (Å²) in [4.78, 5) is 5.15. The number of hydrogen-bond acceptors (Lipinski definition) is 3. The molecule has 0 fully saturated rings. The van der Waals surface area contributed by atoms with Gasteiger partial charge in [-0.25, -0.2) is 4.98 Å². The molecule has 2 heterocycles. The molecule has 0 saturated carbocycles. The first-order valence-electron chi connectivity index (χ1n) is 6.57. The molecule has 0 unspecified atom stereocenters. The van der Waals surface area contributed by atoms with Crippen LogP contribution in [-0.2, 0) is 6.42 Å². The minimum atomic E-state index is 0.449. The summed E-state index contributed by atoms with van der Waals surface area (Å²) in [5.74, 6) is 0.797. The van der Waals surface area contributed by atoms with Crippen LogP contribution in [0.5, 0.6) is 5.75 Å². The number of fused-ring (bicyclic) bond motifs is 1. The summed E-state index contributed by atoms with van der Waals surface area (Å²) in [6.45, 7) is 0. The maximum atomic E-state index is 5.74. The standard InChI is InChI=1S/C16H15N3OS/c1-20-12-6-4-5-11(9-12)16-13(10-14(17)21)19-8-3-2-7-15(19)18-16/h2-9H,10H2,1H3,(H2,17,21). The summed E-state index contributed by atoms with van der Waals surface area (Å²) in [7, 11) is 1.65. The fourth-order valence-corrected chi connectivity index (χ4v) is 2.52. The Balaban J connectivity index is 2.22. The molecule has 5 heteroatoms. The van der Waals surface area contributed by atoms with Crippen molar-refractivity contribution in [2.45, 2.75) is 6.42 Å². The number of imidazole rings is 1. The van der Waals surface area contributed by atoms with Crippen molar-refractivity contribution in [1.82, 2.24) is 9.38 Å². The molecule has 0 radical (unpaired) electrons. The zero-order chi connectivity index (χ0) is 14.8. The lowest BCUT2D eigenvalue weighted by atomic mass is 10.1. The van der Waals surface area contributed by atoms with E-state index in [0.29, 0.717) is 11.4 Å². The Morgan fingerprint density at radius 1 is 1.29 bits per heavy atom. The maximum absolute atomic E-state index is 5.74. The zero-order valence-electron chi connectivity index (χ0n) is 11.6. The van der Waals surface area contributed by atoms with Gasteiger partial charge in [0.05, 0.1) is 23.5 Å². The number of methoxy groups -OCH3 is 1. The lowest BCUT2D eigenvalue weighted by Crippen LogP contribution is -2.13. The highest BCUT2D eigenvalue weighted by Gasteiger charge is 2.14. The highest BCUT2D eigenvalue weighted by Crippen LogP contribution is 2.27. The molecule has 1 aromatic carbocycles. The lowest BCUT2D eigenvalue weighted by molar-refractivity contribution is 0.415. The van der Waals surface area contributed by atoms with Gasteiger partial charge in [-0.15, -0.1) is 0 Å². The summed E-state index contributed by atoms with van der Waals surface area (Å²) in [6, 6.07) is 13.7. The van der Waals surface area contributed by atoms with Gasteiger partial charge in [-0.2, -0.15) is 0 Å². The number of rotatable bonds is 4. The third-order valence-electron chi connectivity index (χ3n) is 3.31. The van der Waals surface area contributed by atoms with Crippen LogP contribution in [0, 0.1) is 0 Å². The number of nitrogens with zero attached hydrogens (tertiary/aromatic N) is 2. The number of pyridine rings is 1. The predicted molar refractivity (Wildman–Crippen MR) is 87.7 cm³/mol. The van der Waals surface area contributed by atoms with E-state index in [-0.39, 0.29) is 0 Å². The molecule has 3 aromatic rings. The Morgan fingerprint density at radius 3 is 2.90 bits per heavy atom. The SMILES string of the molecule is COc1cccc(-c2nc3ccccn3c2CC(N)=S)c1. The number of hydrogen-bond donors (Lipinski definition) is 1. The molecular weight excluding hydrogens is 282 g/mol. The Labute approximate surface area is 128 Å². The minimum Gasteiger partial charge on any atom is -0.497 e. The molecule has 0 amide bonds. The third-order valence-corrected chi connectivity index (χ3v) is 3.46. The van der Waals surface area contributed by atoms with E-state index < -0.39 is 0 Å². The fraction of sp³-hybridized carbons (Fsp3) is 0.125. The van der Waals surface area contributed by atoms with Crippen LogP contribution in [0.3, 0.4) is 0 Å². The second-order valence-corrected chi connectivity index (χ2v) is 5.24. The van der Waals surface area contributed by atoms with Gasteiger partial charge < -0.3 is 14.9 Å². The lowest BCUT2D eigenvalue weighted by Gasteiger charge is -2.06. The van der Waals surface area contributed by atoms with Crippen molar-refractivity contribution in [3.05, 3.63) is 54.4 Å². The van der Waals surface area contributed by atoms with E-state index in [9.17, 15) is 0 Å². The van der Waals surface area contributed by atoms with E-state index >= 15 is 0 Å². The van der Waals surface area contributed by atoms with Gasteiger partial charge in [0.1, 0.15) is 11.4 Å². The minimum absolute atomic E-state index is 0.449. The average molecular weight is 297 g/mol. The van der Waals surface area contributed by atoms with Gasteiger partial charge in [-0.3, -0.25) is 0 Å². The highest BCUT2D eigenvalue weighted by atomic mass is 32.1. The Kier molecular flexibility index (Phi) is 3.58. The molecule has 0 spiro atoms. The number of benzene rings is 1. The Morgan fingerprint density at radius 2 is 2.14 bits per heavy atom. The first-order chi connectivity index (χ1) is 10.2. The monoisotopic (exact) mass is 297 g/mol. The summed E-state index contributed by atoms with van der Waals surface area (Å²) in [5, 5.41) is 0. The van der Waals surface area contributed by atoms with Crippen molar-refractivity contribution in [2.75, 3.05) is 7.11 Å². The predicted octanol–water partition coefficient (Wildman–Crippen LogP) is 2.84. The first kappa shape index (κ1) is 13.6. The fourth-order valence-electron chi connectivity index (χ4n) is 2.38. The molecule has 106 valence electrons. The summed E-state index contributed by atoms with van der Waals surface area (Å²) < 4.78 is 7.31. The molecule has 2 aromatic heterocycles. The smallest absolute Gasteiger partial charge is 0.137 e. The van der Waals surface area contributed by atoms with Crippen molar-refractivity contribution in [3.8, 4) is 17.0 Å². The molecule has 21 heavy (non-hydrogen) atoms. The van der Waals surface area contributed by atoms with Crippen LogP contribution in [0.2, 0.25) is 0 Å². The van der Waals surface area contributed by atoms with Crippen molar-refractivity contribution >= 4 is 22.9 Å². The Hall–Kier alpha value is -2.40. The quantitative estimate of drug-likeness (QED) is 0.752. The second kappa shape index (κ2) is 5.54. The number of thiocarbonyl (C=S) groups is 1. The van der Waals surface area contributed by atoms with Gasteiger partial charge in [0, 0.05) is 18.2 Å². The van der Waals surface area contributed by atoms with Gasteiger partial charge in [-0.05, 0) is 24.3 Å². The van der Waals surface area contributed by atoms with E-state index in [1.165, 1.54) is 0 Å². The summed E-state index contributed by atoms with van der Waals surface area (Å²) in [5.41, 5.74) is 9.48. The molecule has 0 atom stereocenters. The Bertz CT molecular complexity index is 810. The molecule has 0 aliphatic heterocycles. The van der Waals surface area contributed by atoms with Gasteiger partial charge in [-0.1, -0.05) is 30.4 Å². The van der Waals surface area contributed by atoms with E-state index in [0.717, 1.165) is 28.3 Å². The topological polar surface area (TPSA) is 52.5 Å². The van der Waals surface area contributed by atoms with Crippen molar-refractivity contribution < 1.29 is 4.74 Å².